The summed E-state index contributed by atoms with van der Waals surface area (Å²) < 4.78 is 50.7. The van der Waals surface area contributed by atoms with Crippen LogP contribution in [-0.4, -0.2) is 26.6 Å². The Morgan fingerprint density at radius 2 is 1.90 bits per heavy atom. The van der Waals surface area contributed by atoms with E-state index >= 15 is 0 Å². The molecule has 0 aliphatic carbocycles. The lowest BCUT2D eigenvalue weighted by Gasteiger charge is -2.07. The highest BCUT2D eigenvalue weighted by Gasteiger charge is 2.23. The number of anilines is 1. The molecule has 3 N–H and O–H groups in total. The number of primary sulfonamides is 1. The van der Waals surface area contributed by atoms with Crippen LogP contribution in [0.4, 0.5) is 5.82 Å². The quantitative estimate of drug-likeness (QED) is 0.827. The summed E-state index contributed by atoms with van der Waals surface area (Å²) in [6, 6.07) is 6.19. The Morgan fingerprint density at radius 3 is 2.48 bits per heavy atom. The van der Waals surface area contributed by atoms with E-state index in [4.69, 9.17) is 5.14 Å². The molecule has 0 saturated heterocycles. The van der Waals surface area contributed by atoms with Crippen LogP contribution >= 0.6 is 0 Å². The molecule has 0 radical (unpaired) electrons. The molecule has 0 unspecified atom stereocenters. The summed E-state index contributed by atoms with van der Waals surface area (Å²) in [6.07, 6.45) is 1.13. The van der Waals surface area contributed by atoms with Crippen LogP contribution in [-0.2, 0) is 27.1 Å². The Balaban J connectivity index is 2.47. The van der Waals surface area contributed by atoms with Crippen LogP contribution in [0.3, 0.4) is 0 Å². The molecule has 8 nitrogen and oxygen atoms in total. The Labute approximate surface area is 122 Å². The lowest BCUT2D eigenvalue weighted by atomic mass is 10.2. The molecular weight excluding hydrogens is 316 g/mol. The first-order valence-electron chi connectivity index (χ1n) is 5.75. The van der Waals surface area contributed by atoms with E-state index in [1.54, 1.807) is 19.1 Å². The molecule has 2 rings (SSSR count). The van der Waals surface area contributed by atoms with Crippen molar-refractivity contribution in [3.8, 4) is 0 Å². The number of hydrogen-bond donors (Lipinski definition) is 2. The maximum atomic E-state index is 12.2. The number of nitrogens with two attached hydrogens (primary N) is 1. The van der Waals surface area contributed by atoms with Gasteiger partial charge in [0.2, 0.25) is 10.0 Å². The molecule has 0 aliphatic rings. The molecular formula is C11H14N4O4S2. The van der Waals surface area contributed by atoms with Crippen LogP contribution in [0.15, 0.2) is 40.3 Å². The maximum absolute atomic E-state index is 12.2. The second-order valence-electron chi connectivity index (χ2n) is 4.48. The highest BCUT2D eigenvalue weighted by molar-refractivity contribution is 7.93. The van der Waals surface area contributed by atoms with Crippen LogP contribution in [0.25, 0.3) is 0 Å². The van der Waals surface area contributed by atoms with Gasteiger partial charge in [0.05, 0.1) is 4.90 Å². The van der Waals surface area contributed by atoms with Crippen molar-refractivity contribution in [1.29, 1.82) is 0 Å². The van der Waals surface area contributed by atoms with E-state index in [2.05, 4.69) is 9.82 Å². The zero-order valence-electron chi connectivity index (χ0n) is 11.3. The summed E-state index contributed by atoms with van der Waals surface area (Å²) in [4.78, 5) is -0.380. The fraction of sp³-hybridized carbons (Fsp3) is 0.182. The van der Waals surface area contributed by atoms with Gasteiger partial charge in [-0.05, 0) is 24.6 Å². The highest BCUT2D eigenvalue weighted by Crippen LogP contribution is 2.21. The van der Waals surface area contributed by atoms with Crippen LogP contribution < -0.4 is 9.86 Å². The van der Waals surface area contributed by atoms with E-state index in [1.165, 1.54) is 19.2 Å². The minimum Gasteiger partial charge on any atom is -0.272 e. The van der Waals surface area contributed by atoms with Gasteiger partial charge in [-0.25, -0.2) is 22.0 Å². The number of nitrogens with zero attached hydrogens (tertiary/aromatic N) is 2. The number of benzene rings is 1. The van der Waals surface area contributed by atoms with Crippen LogP contribution in [0.1, 0.15) is 5.56 Å². The van der Waals surface area contributed by atoms with Crippen LogP contribution in [0, 0.1) is 6.92 Å². The number of hydrogen-bond acceptors (Lipinski definition) is 5. The van der Waals surface area contributed by atoms with E-state index in [0.717, 1.165) is 16.4 Å². The van der Waals surface area contributed by atoms with Crippen molar-refractivity contribution in [3.05, 3.63) is 36.0 Å². The van der Waals surface area contributed by atoms with Crippen molar-refractivity contribution in [1.82, 2.24) is 9.78 Å². The normalized spacial score (nSPS) is 12.3. The molecule has 0 aliphatic heterocycles. The Morgan fingerprint density at radius 1 is 1.24 bits per heavy atom. The molecule has 0 atom stereocenters. The molecule has 21 heavy (non-hydrogen) atoms. The second kappa shape index (κ2) is 5.13. The van der Waals surface area contributed by atoms with E-state index in [0.29, 0.717) is 0 Å². The van der Waals surface area contributed by atoms with Crippen molar-refractivity contribution in [2.45, 2.75) is 16.7 Å². The summed E-state index contributed by atoms with van der Waals surface area (Å²) >= 11 is 0. The third-order valence-corrected chi connectivity index (χ3v) is 4.88. The van der Waals surface area contributed by atoms with Crippen molar-refractivity contribution < 1.29 is 16.8 Å². The summed E-state index contributed by atoms with van der Waals surface area (Å²) in [6.45, 7) is 1.75. The predicted molar refractivity (Wildman–Crippen MR) is 76.6 cm³/mol. The van der Waals surface area contributed by atoms with Crippen LogP contribution in [0.5, 0.6) is 0 Å². The predicted octanol–water partition coefficient (Wildman–Crippen LogP) is 0.177. The molecule has 0 bridgehead atoms. The highest BCUT2D eigenvalue weighted by atomic mass is 32.2. The van der Waals surface area contributed by atoms with Gasteiger partial charge in [0.1, 0.15) is 4.90 Å². The molecule has 2 aromatic rings. The fourth-order valence-electron chi connectivity index (χ4n) is 1.71. The number of aryl methyl sites for hydroxylation is 2. The molecule has 10 heteroatoms. The summed E-state index contributed by atoms with van der Waals surface area (Å²) in [7, 11) is -6.58. The minimum atomic E-state index is -4.09. The first kappa shape index (κ1) is 15.5. The summed E-state index contributed by atoms with van der Waals surface area (Å²) in [5, 5.41) is 8.81. The molecule has 0 fully saturated rings. The van der Waals surface area contributed by atoms with E-state index in [9.17, 15) is 16.8 Å². The van der Waals surface area contributed by atoms with E-state index in [1.807, 2.05) is 0 Å². The van der Waals surface area contributed by atoms with Gasteiger partial charge in [-0.15, -0.1) is 0 Å². The lowest BCUT2D eigenvalue weighted by Crippen LogP contribution is -2.18. The van der Waals surface area contributed by atoms with Gasteiger partial charge in [-0.3, -0.25) is 9.40 Å². The third kappa shape index (κ3) is 3.40. The third-order valence-electron chi connectivity index (χ3n) is 2.63. The standard InChI is InChI=1S/C11H14N4O4S2/c1-8-4-3-5-9(6-8)21(18,19)14-11-10(20(12,16)17)7-15(2)13-11/h3-7H,1-2H3,(H,13,14)(H2,12,16,17). The molecule has 0 saturated carbocycles. The molecule has 1 aromatic carbocycles. The van der Waals surface area contributed by atoms with Crippen LogP contribution in [0.2, 0.25) is 0 Å². The van der Waals surface area contributed by atoms with Crippen molar-refractivity contribution >= 4 is 25.9 Å². The lowest BCUT2D eigenvalue weighted by molar-refractivity contribution is 0.598. The monoisotopic (exact) mass is 330 g/mol. The SMILES string of the molecule is Cc1cccc(S(=O)(=O)Nc2nn(C)cc2S(N)(=O)=O)c1. The smallest absolute Gasteiger partial charge is 0.263 e. The Bertz CT molecular complexity index is 885. The molecule has 0 spiro atoms. The largest absolute Gasteiger partial charge is 0.272 e. The van der Waals surface area contributed by atoms with Gasteiger partial charge in [-0.2, -0.15) is 5.10 Å². The topological polar surface area (TPSA) is 124 Å². The average Bonchev–Trinajstić information content (AvgIpc) is 2.69. The van der Waals surface area contributed by atoms with Crippen molar-refractivity contribution in [3.63, 3.8) is 0 Å². The number of aromatic nitrogens is 2. The molecule has 1 heterocycles. The Hall–Kier alpha value is -1.91. The van der Waals surface area contributed by atoms with Crippen molar-refractivity contribution in [2.24, 2.45) is 12.2 Å². The van der Waals surface area contributed by atoms with Gasteiger partial charge in [0, 0.05) is 13.2 Å². The number of rotatable bonds is 4. The molecule has 1 aromatic heterocycles. The van der Waals surface area contributed by atoms with Gasteiger partial charge < -0.3 is 0 Å². The van der Waals surface area contributed by atoms with Gasteiger partial charge in [0.15, 0.2) is 5.82 Å². The maximum Gasteiger partial charge on any atom is 0.263 e. The second-order valence-corrected chi connectivity index (χ2v) is 7.69. The number of sulfonamides is 2. The van der Waals surface area contributed by atoms with E-state index in [-0.39, 0.29) is 15.6 Å². The van der Waals surface area contributed by atoms with Gasteiger partial charge >= 0.3 is 0 Å². The fourth-order valence-corrected chi connectivity index (χ4v) is 3.56. The minimum absolute atomic E-state index is 0.00789. The van der Waals surface area contributed by atoms with Gasteiger partial charge in [-0.1, -0.05) is 12.1 Å². The zero-order valence-corrected chi connectivity index (χ0v) is 12.9. The van der Waals surface area contributed by atoms with Crippen molar-refractivity contribution in [2.75, 3.05) is 4.72 Å². The average molecular weight is 330 g/mol. The molecule has 0 amide bonds. The summed E-state index contributed by atoms with van der Waals surface area (Å²) in [5.74, 6) is -0.332. The first-order valence-corrected chi connectivity index (χ1v) is 8.78. The zero-order chi connectivity index (χ0) is 15.8. The summed E-state index contributed by atoms with van der Waals surface area (Å²) in [5.41, 5.74) is 0.755. The van der Waals surface area contributed by atoms with E-state index < -0.39 is 20.0 Å². The van der Waals surface area contributed by atoms with Gasteiger partial charge in [0.25, 0.3) is 10.0 Å². The Kier molecular flexibility index (Phi) is 3.78. The molecule has 114 valence electrons. The number of nitrogens with one attached hydrogen (secondary N) is 1. The first-order chi connectivity index (χ1) is 9.59.